The first kappa shape index (κ1) is 23.3. The van der Waals surface area contributed by atoms with Crippen LogP contribution in [0.5, 0.6) is 0 Å². The van der Waals surface area contributed by atoms with Crippen LogP contribution in [0.3, 0.4) is 0 Å². The smallest absolute Gasteiger partial charge is 0.321 e. The summed E-state index contributed by atoms with van der Waals surface area (Å²) in [6.45, 7) is 8.43. The Balaban J connectivity index is 1.34. The van der Waals surface area contributed by atoms with Gasteiger partial charge in [0.05, 0.1) is 25.2 Å². The molecule has 1 aromatic carbocycles. The zero-order valence-electron chi connectivity index (χ0n) is 19.5. The summed E-state index contributed by atoms with van der Waals surface area (Å²) in [7, 11) is 0. The van der Waals surface area contributed by atoms with Crippen LogP contribution in [0.4, 0.5) is 10.5 Å². The van der Waals surface area contributed by atoms with Gasteiger partial charge in [-0.15, -0.1) is 0 Å². The van der Waals surface area contributed by atoms with Crippen molar-refractivity contribution in [2.24, 2.45) is 5.92 Å². The van der Waals surface area contributed by atoms with Gasteiger partial charge in [-0.05, 0) is 56.5 Å². The number of hydrogen-bond donors (Lipinski definition) is 2. The van der Waals surface area contributed by atoms with Crippen molar-refractivity contribution in [2.45, 2.75) is 32.7 Å². The molecule has 3 amide bonds. The number of likely N-dealkylation sites (tertiary alicyclic amines) is 1. The number of anilines is 1. The van der Waals surface area contributed by atoms with Gasteiger partial charge in [0.25, 0.3) is 0 Å². The molecule has 2 aromatic rings. The van der Waals surface area contributed by atoms with Gasteiger partial charge in [-0.1, -0.05) is 12.1 Å². The highest BCUT2D eigenvalue weighted by atomic mass is 16.5. The Morgan fingerprint density at radius 3 is 2.67 bits per heavy atom. The van der Waals surface area contributed by atoms with Crippen LogP contribution in [0.25, 0.3) is 0 Å². The second kappa shape index (κ2) is 10.9. The number of furan rings is 1. The average molecular weight is 455 g/mol. The molecule has 178 valence electrons. The lowest BCUT2D eigenvalue weighted by atomic mass is 9.97. The summed E-state index contributed by atoms with van der Waals surface area (Å²) >= 11 is 0. The van der Waals surface area contributed by atoms with Crippen molar-refractivity contribution in [3.05, 3.63) is 53.5 Å². The number of piperidine rings is 1. The fraction of sp³-hybridized carbons (Fsp3) is 0.520. The van der Waals surface area contributed by atoms with Crippen LogP contribution < -0.4 is 10.6 Å². The third-order valence-electron chi connectivity index (χ3n) is 6.39. The summed E-state index contributed by atoms with van der Waals surface area (Å²) in [4.78, 5) is 29.8. The number of hydrogen-bond acceptors (Lipinski definition) is 5. The predicted octanol–water partition coefficient (Wildman–Crippen LogP) is 3.33. The summed E-state index contributed by atoms with van der Waals surface area (Å²) in [5.74, 6) is 1.49. The lowest BCUT2D eigenvalue weighted by Gasteiger charge is -2.35. The number of morpholine rings is 1. The van der Waals surface area contributed by atoms with E-state index in [4.69, 9.17) is 9.15 Å². The molecule has 8 heteroatoms. The number of urea groups is 1. The summed E-state index contributed by atoms with van der Waals surface area (Å²) in [5, 5.41) is 6.09. The molecule has 2 fully saturated rings. The van der Waals surface area contributed by atoms with Crippen LogP contribution in [-0.2, 0) is 9.53 Å². The summed E-state index contributed by atoms with van der Waals surface area (Å²) in [5.41, 5.74) is 1.86. The lowest BCUT2D eigenvalue weighted by molar-refractivity contribution is -0.126. The van der Waals surface area contributed by atoms with E-state index < -0.39 is 0 Å². The SMILES string of the molecule is Cc1cccc(NC(=O)N2CCCC(C(=O)NCC(c3ccc(C)o3)N3CCOCC3)C2)c1. The largest absolute Gasteiger partial charge is 0.465 e. The van der Waals surface area contributed by atoms with E-state index in [1.54, 1.807) is 4.90 Å². The van der Waals surface area contributed by atoms with Crippen molar-refractivity contribution in [2.75, 3.05) is 51.3 Å². The second-order valence-corrected chi connectivity index (χ2v) is 8.94. The maximum Gasteiger partial charge on any atom is 0.321 e. The third-order valence-corrected chi connectivity index (χ3v) is 6.39. The molecule has 8 nitrogen and oxygen atoms in total. The Labute approximate surface area is 195 Å². The fourth-order valence-corrected chi connectivity index (χ4v) is 4.57. The van der Waals surface area contributed by atoms with Crippen LogP contribution in [-0.4, -0.2) is 67.7 Å². The predicted molar refractivity (Wildman–Crippen MR) is 126 cm³/mol. The number of carbonyl (C=O) groups is 2. The Morgan fingerprint density at radius 2 is 1.94 bits per heavy atom. The minimum Gasteiger partial charge on any atom is -0.465 e. The van der Waals surface area contributed by atoms with Crippen molar-refractivity contribution in [1.29, 1.82) is 0 Å². The van der Waals surface area contributed by atoms with Crippen LogP contribution in [0.15, 0.2) is 40.8 Å². The first-order valence-corrected chi connectivity index (χ1v) is 11.8. The topological polar surface area (TPSA) is 87.1 Å². The number of ether oxygens (including phenoxy) is 1. The van der Waals surface area contributed by atoms with E-state index in [9.17, 15) is 9.59 Å². The number of aryl methyl sites for hydroxylation is 2. The molecule has 3 heterocycles. The number of rotatable bonds is 6. The van der Waals surface area contributed by atoms with Crippen LogP contribution in [0.1, 0.15) is 36.0 Å². The van der Waals surface area contributed by atoms with Crippen LogP contribution in [0, 0.1) is 19.8 Å². The zero-order chi connectivity index (χ0) is 23.2. The molecule has 0 bridgehead atoms. The molecule has 0 saturated carbocycles. The van der Waals surface area contributed by atoms with Crippen LogP contribution in [0.2, 0.25) is 0 Å². The normalized spacial score (nSPS) is 20.3. The molecule has 1 aromatic heterocycles. The van der Waals surface area contributed by atoms with E-state index in [0.717, 1.165) is 48.7 Å². The van der Waals surface area contributed by atoms with Crippen molar-refractivity contribution in [3.63, 3.8) is 0 Å². The number of amides is 3. The zero-order valence-corrected chi connectivity index (χ0v) is 19.5. The standard InChI is InChI=1S/C25H34N4O4/c1-18-5-3-7-21(15-18)27-25(31)29-10-4-6-20(17-29)24(30)26-16-22(23-9-8-19(2)33-23)28-11-13-32-14-12-28/h3,5,7-9,15,20,22H,4,6,10-14,16-17H2,1-2H3,(H,26,30)(H,27,31). The monoisotopic (exact) mass is 454 g/mol. The molecule has 2 N–H and O–H groups in total. The fourth-order valence-electron chi connectivity index (χ4n) is 4.57. The van der Waals surface area contributed by atoms with Gasteiger partial charge in [-0.2, -0.15) is 0 Å². The van der Waals surface area contributed by atoms with Crippen molar-refractivity contribution in [3.8, 4) is 0 Å². The highest BCUT2D eigenvalue weighted by Crippen LogP contribution is 2.24. The summed E-state index contributed by atoms with van der Waals surface area (Å²) < 4.78 is 11.4. The summed E-state index contributed by atoms with van der Waals surface area (Å²) in [6, 6.07) is 11.5. The molecule has 2 saturated heterocycles. The van der Waals surface area contributed by atoms with E-state index in [2.05, 4.69) is 15.5 Å². The molecular formula is C25H34N4O4. The third kappa shape index (κ3) is 6.15. The molecule has 0 aliphatic carbocycles. The quantitative estimate of drug-likeness (QED) is 0.699. The highest BCUT2D eigenvalue weighted by molar-refractivity contribution is 5.90. The summed E-state index contributed by atoms with van der Waals surface area (Å²) in [6.07, 6.45) is 1.59. The van der Waals surface area contributed by atoms with Gasteiger partial charge in [0.15, 0.2) is 0 Å². The molecule has 0 radical (unpaired) electrons. The Hall–Kier alpha value is -2.84. The molecule has 2 aliphatic heterocycles. The molecule has 2 unspecified atom stereocenters. The van der Waals surface area contributed by atoms with Crippen molar-refractivity contribution >= 4 is 17.6 Å². The number of nitrogens with zero attached hydrogens (tertiary/aromatic N) is 2. The molecule has 2 atom stereocenters. The number of carbonyl (C=O) groups excluding carboxylic acids is 2. The average Bonchev–Trinajstić information content (AvgIpc) is 3.25. The van der Waals surface area contributed by atoms with Gasteiger partial charge in [0.2, 0.25) is 5.91 Å². The van der Waals surface area contributed by atoms with E-state index in [1.165, 1.54) is 0 Å². The first-order chi connectivity index (χ1) is 16.0. The van der Waals surface area contributed by atoms with Crippen LogP contribution >= 0.6 is 0 Å². The van der Waals surface area contributed by atoms with E-state index in [-0.39, 0.29) is 23.9 Å². The molecule has 0 spiro atoms. The maximum atomic E-state index is 13.0. The second-order valence-electron chi connectivity index (χ2n) is 8.94. The molecular weight excluding hydrogens is 420 g/mol. The van der Waals surface area contributed by atoms with Gasteiger partial charge in [0, 0.05) is 38.4 Å². The van der Waals surface area contributed by atoms with Crippen molar-refractivity contribution < 1.29 is 18.7 Å². The Morgan fingerprint density at radius 1 is 1.12 bits per heavy atom. The minimum absolute atomic E-state index is 0.00964. The molecule has 4 rings (SSSR count). The molecule has 2 aliphatic rings. The van der Waals surface area contributed by atoms with E-state index >= 15 is 0 Å². The number of nitrogens with one attached hydrogen (secondary N) is 2. The minimum atomic E-state index is -0.217. The Kier molecular flexibility index (Phi) is 7.67. The van der Waals surface area contributed by atoms with Gasteiger partial charge < -0.3 is 24.7 Å². The van der Waals surface area contributed by atoms with E-state index in [0.29, 0.717) is 32.8 Å². The maximum absolute atomic E-state index is 13.0. The Bertz CT molecular complexity index is 953. The van der Waals surface area contributed by atoms with Gasteiger partial charge in [-0.25, -0.2) is 4.79 Å². The molecule has 33 heavy (non-hydrogen) atoms. The first-order valence-electron chi connectivity index (χ1n) is 11.8. The van der Waals surface area contributed by atoms with Gasteiger partial charge in [-0.3, -0.25) is 9.69 Å². The highest BCUT2D eigenvalue weighted by Gasteiger charge is 2.30. The lowest BCUT2D eigenvalue weighted by Crippen LogP contribution is -2.49. The van der Waals surface area contributed by atoms with Crippen molar-refractivity contribution in [1.82, 2.24) is 15.1 Å². The van der Waals surface area contributed by atoms with Gasteiger partial charge in [0.1, 0.15) is 11.5 Å². The van der Waals surface area contributed by atoms with Gasteiger partial charge >= 0.3 is 6.03 Å². The van der Waals surface area contributed by atoms with E-state index in [1.807, 2.05) is 50.2 Å². The number of benzene rings is 1.